The number of fused-ring (bicyclic) bond motifs is 1. The van der Waals surface area contributed by atoms with Crippen molar-refractivity contribution in [2.24, 2.45) is 0 Å². The van der Waals surface area contributed by atoms with Crippen LogP contribution in [-0.4, -0.2) is 29.3 Å². The molecule has 0 aliphatic carbocycles. The average Bonchev–Trinajstić information content (AvgIpc) is 3.26. The van der Waals surface area contributed by atoms with E-state index in [1.807, 2.05) is 43.3 Å². The van der Waals surface area contributed by atoms with E-state index < -0.39 is 6.10 Å². The Hall–Kier alpha value is -3.08. The summed E-state index contributed by atoms with van der Waals surface area (Å²) in [6.07, 6.45) is 1.07. The zero-order valence-corrected chi connectivity index (χ0v) is 17.2. The number of furan rings is 1. The molecular weight excluding hydrogens is 374 g/mol. The van der Waals surface area contributed by atoms with Crippen LogP contribution in [0.1, 0.15) is 16.9 Å². The molecule has 30 heavy (non-hydrogen) atoms. The third kappa shape index (κ3) is 5.29. The van der Waals surface area contributed by atoms with E-state index >= 15 is 0 Å². The Labute approximate surface area is 177 Å². The molecule has 154 valence electrons. The molecule has 0 aliphatic heterocycles. The number of benzene rings is 3. The summed E-state index contributed by atoms with van der Waals surface area (Å²) in [4.78, 5) is 2.20. The first-order valence-electron chi connectivity index (χ1n) is 10.3. The quantitative estimate of drug-likeness (QED) is 0.420. The van der Waals surface area contributed by atoms with Crippen LogP contribution in [0.5, 0.6) is 5.75 Å². The lowest BCUT2D eigenvalue weighted by Gasteiger charge is -2.25. The van der Waals surface area contributed by atoms with Crippen molar-refractivity contribution in [1.29, 1.82) is 0 Å². The second kappa shape index (κ2) is 9.61. The maximum Gasteiger partial charge on any atom is 0.119 e. The highest BCUT2D eigenvalue weighted by molar-refractivity contribution is 5.85. The third-order valence-electron chi connectivity index (χ3n) is 5.13. The lowest BCUT2D eigenvalue weighted by Crippen LogP contribution is -2.35. The maximum atomic E-state index is 10.7. The Balaban J connectivity index is 1.46. The van der Waals surface area contributed by atoms with Gasteiger partial charge in [-0.15, -0.1) is 0 Å². The van der Waals surface area contributed by atoms with E-state index in [2.05, 4.69) is 47.4 Å². The molecule has 4 aromatic rings. The van der Waals surface area contributed by atoms with Crippen LogP contribution in [0.2, 0.25) is 0 Å². The molecule has 1 atom stereocenters. The molecule has 3 aromatic carbocycles. The van der Waals surface area contributed by atoms with Gasteiger partial charge in [0.25, 0.3) is 0 Å². The SMILES string of the molecule is Cc1cccc(OCC(O)CN(Cc2ccco2)Cc2cccc3ccccc23)c1. The molecule has 0 spiro atoms. The first-order valence-corrected chi connectivity index (χ1v) is 10.3. The largest absolute Gasteiger partial charge is 0.491 e. The number of aryl methyl sites for hydroxylation is 1. The van der Waals surface area contributed by atoms with Gasteiger partial charge >= 0.3 is 0 Å². The molecule has 4 heteroatoms. The fourth-order valence-corrected chi connectivity index (χ4v) is 3.73. The van der Waals surface area contributed by atoms with Gasteiger partial charge in [0.2, 0.25) is 0 Å². The molecule has 4 rings (SSSR count). The molecule has 0 radical (unpaired) electrons. The second-order valence-corrected chi connectivity index (χ2v) is 7.67. The normalized spacial score (nSPS) is 12.4. The molecule has 0 bridgehead atoms. The number of nitrogens with zero attached hydrogens (tertiary/aromatic N) is 1. The van der Waals surface area contributed by atoms with Crippen molar-refractivity contribution in [2.45, 2.75) is 26.1 Å². The van der Waals surface area contributed by atoms with Crippen LogP contribution in [0.4, 0.5) is 0 Å². The zero-order chi connectivity index (χ0) is 20.8. The van der Waals surface area contributed by atoms with Crippen LogP contribution in [-0.2, 0) is 13.1 Å². The Morgan fingerprint density at radius 1 is 0.933 bits per heavy atom. The van der Waals surface area contributed by atoms with Crippen molar-refractivity contribution in [1.82, 2.24) is 4.90 Å². The lowest BCUT2D eigenvalue weighted by molar-refractivity contribution is 0.0606. The predicted octanol–water partition coefficient (Wildman–Crippen LogP) is 5.18. The summed E-state index contributed by atoms with van der Waals surface area (Å²) in [6.45, 7) is 4.09. The van der Waals surface area contributed by atoms with E-state index in [4.69, 9.17) is 9.15 Å². The highest BCUT2D eigenvalue weighted by Crippen LogP contribution is 2.21. The average molecular weight is 402 g/mol. The summed E-state index contributed by atoms with van der Waals surface area (Å²) in [5.41, 5.74) is 2.36. The van der Waals surface area contributed by atoms with Gasteiger partial charge in [0, 0.05) is 13.1 Å². The van der Waals surface area contributed by atoms with Crippen molar-refractivity contribution in [3.05, 3.63) is 102 Å². The van der Waals surface area contributed by atoms with Crippen molar-refractivity contribution in [3.63, 3.8) is 0 Å². The van der Waals surface area contributed by atoms with Gasteiger partial charge in [-0.2, -0.15) is 0 Å². The molecule has 1 N–H and O–H groups in total. The molecule has 0 saturated carbocycles. The van der Waals surface area contributed by atoms with Gasteiger partial charge in [0.1, 0.15) is 24.2 Å². The number of rotatable bonds is 9. The highest BCUT2D eigenvalue weighted by Gasteiger charge is 2.16. The zero-order valence-electron chi connectivity index (χ0n) is 17.2. The van der Waals surface area contributed by atoms with Crippen LogP contribution >= 0.6 is 0 Å². The molecule has 0 amide bonds. The lowest BCUT2D eigenvalue weighted by atomic mass is 10.0. The van der Waals surface area contributed by atoms with Crippen LogP contribution in [0, 0.1) is 6.92 Å². The first kappa shape index (κ1) is 20.2. The minimum atomic E-state index is -0.615. The third-order valence-corrected chi connectivity index (χ3v) is 5.13. The summed E-state index contributed by atoms with van der Waals surface area (Å²) in [5.74, 6) is 1.66. The summed E-state index contributed by atoms with van der Waals surface area (Å²) in [7, 11) is 0. The first-order chi connectivity index (χ1) is 14.7. The van der Waals surface area contributed by atoms with Gasteiger partial charge in [-0.1, -0.05) is 54.6 Å². The molecule has 1 heterocycles. The predicted molar refractivity (Wildman–Crippen MR) is 119 cm³/mol. The fourth-order valence-electron chi connectivity index (χ4n) is 3.73. The van der Waals surface area contributed by atoms with Crippen molar-refractivity contribution < 1.29 is 14.3 Å². The molecule has 0 aliphatic rings. The van der Waals surface area contributed by atoms with Crippen LogP contribution in [0.25, 0.3) is 10.8 Å². The number of hydrogen-bond acceptors (Lipinski definition) is 4. The molecule has 0 saturated heterocycles. The number of aliphatic hydroxyl groups is 1. The van der Waals surface area contributed by atoms with E-state index in [9.17, 15) is 5.11 Å². The fraction of sp³-hybridized carbons (Fsp3) is 0.231. The number of hydrogen-bond donors (Lipinski definition) is 1. The van der Waals surface area contributed by atoms with Gasteiger partial charge in [0.15, 0.2) is 0 Å². The Morgan fingerprint density at radius 2 is 1.77 bits per heavy atom. The summed E-state index contributed by atoms with van der Waals surface area (Å²) >= 11 is 0. The van der Waals surface area contributed by atoms with Gasteiger partial charge < -0.3 is 14.3 Å². The highest BCUT2D eigenvalue weighted by atomic mass is 16.5. The smallest absolute Gasteiger partial charge is 0.119 e. The maximum absolute atomic E-state index is 10.7. The second-order valence-electron chi connectivity index (χ2n) is 7.67. The molecule has 4 nitrogen and oxygen atoms in total. The molecule has 1 unspecified atom stereocenters. The van der Waals surface area contributed by atoms with Gasteiger partial charge in [-0.3, -0.25) is 4.90 Å². The minimum Gasteiger partial charge on any atom is -0.491 e. The van der Waals surface area contributed by atoms with Gasteiger partial charge in [-0.05, 0) is 53.1 Å². The van der Waals surface area contributed by atoms with E-state index in [-0.39, 0.29) is 6.61 Å². The van der Waals surface area contributed by atoms with Crippen molar-refractivity contribution >= 4 is 10.8 Å². The molecule has 0 fully saturated rings. The topological polar surface area (TPSA) is 45.8 Å². The number of aliphatic hydroxyl groups excluding tert-OH is 1. The van der Waals surface area contributed by atoms with E-state index in [0.717, 1.165) is 17.1 Å². The Morgan fingerprint density at radius 3 is 2.60 bits per heavy atom. The Bertz CT molecular complexity index is 1070. The summed E-state index contributed by atoms with van der Waals surface area (Å²) in [5, 5.41) is 13.1. The van der Waals surface area contributed by atoms with Crippen LogP contribution in [0.15, 0.2) is 89.5 Å². The van der Waals surface area contributed by atoms with Gasteiger partial charge in [-0.25, -0.2) is 0 Å². The van der Waals surface area contributed by atoms with Crippen molar-refractivity contribution in [3.8, 4) is 5.75 Å². The van der Waals surface area contributed by atoms with E-state index in [1.165, 1.54) is 16.3 Å². The van der Waals surface area contributed by atoms with Crippen LogP contribution < -0.4 is 4.74 Å². The molecule has 1 aromatic heterocycles. The van der Waals surface area contributed by atoms with E-state index in [0.29, 0.717) is 19.6 Å². The van der Waals surface area contributed by atoms with Crippen molar-refractivity contribution in [2.75, 3.05) is 13.2 Å². The van der Waals surface area contributed by atoms with E-state index in [1.54, 1.807) is 6.26 Å². The van der Waals surface area contributed by atoms with Gasteiger partial charge in [0.05, 0.1) is 12.8 Å². The molecular formula is C26H27NO3. The Kier molecular flexibility index (Phi) is 6.47. The summed E-state index contributed by atoms with van der Waals surface area (Å²) in [6, 6.07) is 26.5. The summed E-state index contributed by atoms with van der Waals surface area (Å²) < 4.78 is 11.4. The monoisotopic (exact) mass is 401 g/mol. The minimum absolute atomic E-state index is 0.244. The standard InChI is InChI=1S/C26H27NO3/c1-20-7-4-11-24(15-20)30-19-23(28)17-27(18-25-12-6-14-29-25)16-22-10-5-9-21-8-2-3-13-26(21)22/h2-15,23,28H,16-19H2,1H3. The number of ether oxygens (including phenoxy) is 1. The van der Waals surface area contributed by atoms with Crippen LogP contribution in [0.3, 0.4) is 0 Å².